The van der Waals surface area contributed by atoms with E-state index in [1.807, 2.05) is 0 Å². The van der Waals surface area contributed by atoms with Crippen molar-refractivity contribution in [3.63, 3.8) is 0 Å². The molecule has 2 N–H and O–H groups in total. The average molecular weight is 248 g/mol. The van der Waals surface area contributed by atoms with Crippen LogP contribution in [0.5, 0.6) is 0 Å². The summed E-state index contributed by atoms with van der Waals surface area (Å²) in [7, 11) is 0. The lowest BCUT2D eigenvalue weighted by Crippen LogP contribution is -2.33. The molecule has 0 fully saturated rings. The quantitative estimate of drug-likeness (QED) is 0.428. The maximum atomic E-state index is 11.2. The molecule has 94 valence electrons. The van der Waals surface area contributed by atoms with Gasteiger partial charge in [0.1, 0.15) is 6.54 Å². The molecule has 0 aromatic heterocycles. The molecule has 18 heavy (non-hydrogen) atoms. The van der Waals surface area contributed by atoms with Gasteiger partial charge in [0.25, 0.3) is 5.69 Å². The Hall–Kier alpha value is -2.46. The number of hydrogen-bond donors (Lipinski definition) is 2. The Kier molecular flexibility index (Phi) is 5.28. The van der Waals surface area contributed by atoms with Crippen LogP contribution in [0.4, 0.5) is 5.69 Å². The molecule has 0 bridgehead atoms. The van der Waals surface area contributed by atoms with E-state index in [2.05, 4.69) is 10.6 Å². The number of nitro groups is 1. The van der Waals surface area contributed by atoms with Crippen LogP contribution in [-0.4, -0.2) is 23.9 Å². The van der Waals surface area contributed by atoms with Crippen molar-refractivity contribution in [1.82, 2.24) is 10.6 Å². The number of benzene rings is 1. The van der Waals surface area contributed by atoms with Crippen LogP contribution in [0.25, 0.3) is 0 Å². The molecular weight excluding hydrogens is 236 g/mol. The molecule has 1 aromatic carbocycles. The van der Waals surface area contributed by atoms with Gasteiger partial charge < -0.3 is 10.6 Å². The summed E-state index contributed by atoms with van der Waals surface area (Å²) < 4.78 is 0. The van der Waals surface area contributed by atoms with Gasteiger partial charge >= 0.3 is 0 Å². The predicted molar refractivity (Wildman–Crippen MR) is 63.4 cm³/mol. The minimum absolute atomic E-state index is 0.00767. The molecule has 0 aliphatic rings. The Balaban J connectivity index is 2.47. The van der Waals surface area contributed by atoms with Gasteiger partial charge in [0.05, 0.1) is 17.5 Å². The molecule has 0 unspecified atom stereocenters. The lowest BCUT2D eigenvalue weighted by molar-refractivity contribution is -0.385. The third-order valence-corrected chi connectivity index (χ3v) is 2.15. The maximum Gasteiger partial charge on any atom is 0.273 e. The highest BCUT2D eigenvalue weighted by Crippen LogP contribution is 2.16. The van der Waals surface area contributed by atoms with Crippen LogP contribution >= 0.6 is 0 Å². The summed E-state index contributed by atoms with van der Waals surface area (Å²) in [4.78, 5) is 21.4. The zero-order valence-corrected chi connectivity index (χ0v) is 9.55. The molecule has 0 saturated heterocycles. The molecule has 0 aliphatic carbocycles. The van der Waals surface area contributed by atoms with Gasteiger partial charge in [-0.3, -0.25) is 14.9 Å². The molecule has 7 nitrogen and oxygen atoms in total. The number of nitrogens with one attached hydrogen (secondary N) is 2. The van der Waals surface area contributed by atoms with Crippen LogP contribution in [-0.2, 0) is 11.3 Å². The van der Waals surface area contributed by atoms with Gasteiger partial charge in [-0.1, -0.05) is 18.2 Å². The first-order valence-electron chi connectivity index (χ1n) is 5.22. The highest BCUT2D eigenvalue weighted by molar-refractivity contribution is 5.78. The van der Waals surface area contributed by atoms with Gasteiger partial charge in [0, 0.05) is 18.2 Å². The number of nitriles is 1. The summed E-state index contributed by atoms with van der Waals surface area (Å²) in [5.74, 6) is -0.324. The summed E-state index contributed by atoms with van der Waals surface area (Å²) in [6.45, 7) is 0.177. The highest BCUT2D eigenvalue weighted by Gasteiger charge is 2.11. The van der Waals surface area contributed by atoms with Gasteiger partial charge in [0.2, 0.25) is 5.91 Å². The molecule has 0 saturated carbocycles. The number of carbonyl (C=O) groups excluding carboxylic acids is 1. The summed E-state index contributed by atoms with van der Waals surface area (Å²) >= 11 is 0. The van der Waals surface area contributed by atoms with Crippen LogP contribution in [0.1, 0.15) is 5.56 Å². The monoisotopic (exact) mass is 248 g/mol. The van der Waals surface area contributed by atoms with E-state index in [0.29, 0.717) is 5.56 Å². The van der Waals surface area contributed by atoms with Crippen LogP contribution in [0.15, 0.2) is 24.3 Å². The fraction of sp³-hybridized carbons (Fsp3) is 0.273. The fourth-order valence-corrected chi connectivity index (χ4v) is 1.35. The highest BCUT2D eigenvalue weighted by atomic mass is 16.6. The average Bonchev–Trinajstić information content (AvgIpc) is 2.36. The van der Waals surface area contributed by atoms with E-state index < -0.39 is 4.92 Å². The number of rotatable bonds is 6. The summed E-state index contributed by atoms with van der Waals surface area (Å²) in [6, 6.07) is 8.09. The fourth-order valence-electron chi connectivity index (χ4n) is 1.35. The van der Waals surface area contributed by atoms with Crippen LogP contribution in [0, 0.1) is 21.4 Å². The van der Waals surface area contributed by atoms with Crippen molar-refractivity contribution >= 4 is 11.6 Å². The number of amides is 1. The third-order valence-electron chi connectivity index (χ3n) is 2.15. The van der Waals surface area contributed by atoms with Crippen molar-refractivity contribution in [2.45, 2.75) is 6.54 Å². The van der Waals surface area contributed by atoms with Gasteiger partial charge in [-0.25, -0.2) is 0 Å². The lowest BCUT2D eigenvalue weighted by Gasteiger charge is -2.05. The van der Waals surface area contributed by atoms with E-state index in [1.165, 1.54) is 6.07 Å². The van der Waals surface area contributed by atoms with Crippen molar-refractivity contribution in [3.8, 4) is 6.07 Å². The Bertz CT molecular complexity index is 481. The lowest BCUT2D eigenvalue weighted by atomic mass is 10.2. The van der Waals surface area contributed by atoms with Crippen LogP contribution in [0.2, 0.25) is 0 Å². The van der Waals surface area contributed by atoms with Crippen molar-refractivity contribution in [1.29, 1.82) is 5.26 Å². The van der Waals surface area contributed by atoms with E-state index in [0.717, 1.165) is 0 Å². The van der Waals surface area contributed by atoms with E-state index in [4.69, 9.17) is 5.26 Å². The zero-order chi connectivity index (χ0) is 13.4. The first-order chi connectivity index (χ1) is 8.65. The molecule has 0 atom stereocenters. The minimum atomic E-state index is -0.466. The summed E-state index contributed by atoms with van der Waals surface area (Å²) in [6.07, 6.45) is 0. The SMILES string of the molecule is N#CCNC(=O)CNCc1ccccc1[N+](=O)[O-]. The third kappa shape index (κ3) is 4.19. The molecular formula is C11H12N4O3. The molecule has 0 heterocycles. The number of hydrogen-bond acceptors (Lipinski definition) is 5. The van der Waals surface area contributed by atoms with Gasteiger partial charge in [0.15, 0.2) is 0 Å². The second kappa shape index (κ2) is 6.98. The maximum absolute atomic E-state index is 11.2. The molecule has 1 rings (SSSR count). The largest absolute Gasteiger partial charge is 0.342 e. The standard InChI is InChI=1S/C11H12N4O3/c12-5-6-14-11(16)8-13-7-9-3-1-2-4-10(9)15(17)18/h1-4,13H,6-8H2,(H,14,16). The summed E-state index contributed by atoms with van der Waals surface area (Å²) in [5.41, 5.74) is 0.526. The van der Waals surface area contributed by atoms with Gasteiger partial charge in [-0.2, -0.15) is 5.26 Å². The summed E-state index contributed by atoms with van der Waals surface area (Å²) in [5, 5.41) is 24.1. The Morgan fingerprint density at radius 3 is 2.83 bits per heavy atom. The van der Waals surface area contributed by atoms with E-state index in [1.54, 1.807) is 24.3 Å². The molecule has 0 aliphatic heterocycles. The molecule has 0 radical (unpaired) electrons. The van der Waals surface area contributed by atoms with Crippen molar-refractivity contribution in [2.24, 2.45) is 0 Å². The molecule has 7 heteroatoms. The van der Waals surface area contributed by atoms with Crippen LogP contribution < -0.4 is 10.6 Å². The number of nitrogens with zero attached hydrogens (tertiary/aromatic N) is 2. The van der Waals surface area contributed by atoms with E-state index in [9.17, 15) is 14.9 Å². The first kappa shape index (κ1) is 13.6. The second-order valence-electron chi connectivity index (χ2n) is 3.42. The minimum Gasteiger partial charge on any atom is -0.342 e. The number of para-hydroxylation sites is 1. The molecule has 1 aromatic rings. The Morgan fingerprint density at radius 1 is 1.44 bits per heavy atom. The van der Waals surface area contributed by atoms with Gasteiger partial charge in [-0.15, -0.1) is 0 Å². The Morgan fingerprint density at radius 2 is 2.17 bits per heavy atom. The number of carbonyl (C=O) groups is 1. The molecule has 1 amide bonds. The van der Waals surface area contributed by atoms with Crippen molar-refractivity contribution < 1.29 is 9.72 Å². The van der Waals surface area contributed by atoms with E-state index >= 15 is 0 Å². The topological polar surface area (TPSA) is 108 Å². The first-order valence-corrected chi connectivity index (χ1v) is 5.22. The van der Waals surface area contributed by atoms with Crippen molar-refractivity contribution in [3.05, 3.63) is 39.9 Å². The second-order valence-corrected chi connectivity index (χ2v) is 3.42. The van der Waals surface area contributed by atoms with E-state index in [-0.39, 0.29) is 31.2 Å². The normalized spacial score (nSPS) is 9.50. The smallest absolute Gasteiger partial charge is 0.273 e. The van der Waals surface area contributed by atoms with Crippen LogP contribution in [0.3, 0.4) is 0 Å². The molecule has 0 spiro atoms. The predicted octanol–water partition coefficient (Wildman–Crippen LogP) is 0.324. The number of nitro benzene ring substituents is 1. The van der Waals surface area contributed by atoms with Crippen molar-refractivity contribution in [2.75, 3.05) is 13.1 Å². The Labute approximate surface area is 104 Å². The van der Waals surface area contributed by atoms with Gasteiger partial charge in [-0.05, 0) is 0 Å². The zero-order valence-electron chi connectivity index (χ0n) is 9.55.